The highest BCUT2D eigenvalue weighted by Crippen LogP contribution is 2.21. The first-order valence-corrected chi connectivity index (χ1v) is 7.47. The maximum absolute atomic E-state index is 13.8. The Hall–Kier alpha value is -0.940. The van der Waals surface area contributed by atoms with Gasteiger partial charge in [-0.2, -0.15) is 0 Å². The molecule has 0 heterocycles. The van der Waals surface area contributed by atoms with Gasteiger partial charge in [0.25, 0.3) is 0 Å². The van der Waals surface area contributed by atoms with Gasteiger partial charge in [0, 0.05) is 46.5 Å². The van der Waals surface area contributed by atoms with Crippen molar-refractivity contribution >= 4 is 10.8 Å². The third-order valence-corrected chi connectivity index (χ3v) is 4.25. The van der Waals surface area contributed by atoms with E-state index in [0.717, 1.165) is 0 Å². The quantitative estimate of drug-likeness (QED) is 0.864. The fourth-order valence-corrected chi connectivity index (χ4v) is 1.89. The molecule has 3 nitrogen and oxygen atoms in total. The summed E-state index contributed by atoms with van der Waals surface area (Å²) < 4.78 is 30.0. The van der Waals surface area contributed by atoms with Crippen molar-refractivity contribution in [3.63, 3.8) is 0 Å². The van der Waals surface area contributed by atoms with Crippen molar-refractivity contribution in [2.24, 2.45) is 0 Å². The van der Waals surface area contributed by atoms with Crippen LogP contribution in [0.5, 0.6) is 5.75 Å². The van der Waals surface area contributed by atoms with E-state index < -0.39 is 10.8 Å². The van der Waals surface area contributed by atoms with Crippen LogP contribution in [-0.2, 0) is 10.8 Å². The minimum atomic E-state index is -0.870. The summed E-state index contributed by atoms with van der Waals surface area (Å²) >= 11 is 0. The highest BCUT2D eigenvalue weighted by atomic mass is 32.2. The standard InChI is InChI=1S/C13H20FNO2S/c1-9(18(4)16)8-15-10(2)12-6-5-11(17-3)7-13(12)14/h5-7,9-10,15H,8H2,1-4H3/t9-,10-,18-/m0/s1. The molecule has 1 aromatic rings. The molecule has 0 radical (unpaired) electrons. The van der Waals surface area contributed by atoms with Gasteiger partial charge in [0.1, 0.15) is 11.6 Å². The average molecular weight is 273 g/mol. The van der Waals surface area contributed by atoms with E-state index in [-0.39, 0.29) is 17.1 Å². The van der Waals surface area contributed by atoms with Gasteiger partial charge in [0.05, 0.1) is 7.11 Å². The van der Waals surface area contributed by atoms with Gasteiger partial charge in [0.15, 0.2) is 0 Å². The van der Waals surface area contributed by atoms with Gasteiger partial charge in [-0.1, -0.05) is 6.07 Å². The van der Waals surface area contributed by atoms with Crippen LogP contribution < -0.4 is 10.1 Å². The van der Waals surface area contributed by atoms with E-state index in [2.05, 4.69) is 5.32 Å². The van der Waals surface area contributed by atoms with Gasteiger partial charge in [-0.3, -0.25) is 4.21 Å². The Morgan fingerprint density at radius 3 is 2.61 bits per heavy atom. The van der Waals surface area contributed by atoms with Crippen LogP contribution in [0.2, 0.25) is 0 Å². The fourth-order valence-electron chi connectivity index (χ4n) is 1.56. The number of hydrogen-bond donors (Lipinski definition) is 1. The van der Waals surface area contributed by atoms with Crippen molar-refractivity contribution in [2.45, 2.75) is 25.1 Å². The molecule has 0 aromatic heterocycles. The van der Waals surface area contributed by atoms with Crippen LogP contribution in [0.15, 0.2) is 18.2 Å². The van der Waals surface area contributed by atoms with Gasteiger partial charge in [-0.25, -0.2) is 4.39 Å². The molecule has 0 unspecified atom stereocenters. The summed E-state index contributed by atoms with van der Waals surface area (Å²) in [7, 11) is 0.638. The van der Waals surface area contributed by atoms with E-state index in [1.807, 2.05) is 13.8 Å². The van der Waals surface area contributed by atoms with Crippen molar-refractivity contribution in [2.75, 3.05) is 19.9 Å². The lowest BCUT2D eigenvalue weighted by Gasteiger charge is -2.17. The lowest BCUT2D eigenvalue weighted by Crippen LogP contribution is -2.30. The molecule has 1 N–H and O–H groups in total. The summed E-state index contributed by atoms with van der Waals surface area (Å²) in [6.07, 6.45) is 1.67. The van der Waals surface area contributed by atoms with Crippen molar-refractivity contribution in [3.05, 3.63) is 29.6 Å². The highest BCUT2D eigenvalue weighted by Gasteiger charge is 2.13. The summed E-state index contributed by atoms with van der Waals surface area (Å²) in [6, 6.07) is 4.69. The molecular weight excluding hydrogens is 253 g/mol. The molecule has 102 valence electrons. The number of benzene rings is 1. The van der Waals surface area contributed by atoms with E-state index in [0.29, 0.717) is 17.9 Å². The first kappa shape index (κ1) is 15.1. The first-order chi connectivity index (χ1) is 8.45. The molecule has 0 spiro atoms. The molecule has 1 rings (SSSR count). The Labute approximate surface area is 110 Å². The number of halogens is 1. The molecule has 5 heteroatoms. The Morgan fingerprint density at radius 1 is 1.44 bits per heavy atom. The Balaban J connectivity index is 2.66. The topological polar surface area (TPSA) is 38.3 Å². The van der Waals surface area contributed by atoms with E-state index in [4.69, 9.17) is 4.74 Å². The molecule has 1 aromatic carbocycles. The van der Waals surface area contributed by atoms with Crippen molar-refractivity contribution in [3.8, 4) is 5.75 Å². The first-order valence-electron chi connectivity index (χ1n) is 5.84. The maximum Gasteiger partial charge on any atom is 0.131 e. The predicted molar refractivity (Wildman–Crippen MR) is 72.9 cm³/mol. The van der Waals surface area contributed by atoms with E-state index in [1.54, 1.807) is 18.4 Å². The van der Waals surface area contributed by atoms with Crippen LogP contribution >= 0.6 is 0 Å². The molecule has 0 aliphatic rings. The molecule has 0 saturated heterocycles. The Morgan fingerprint density at radius 2 is 2.11 bits per heavy atom. The largest absolute Gasteiger partial charge is 0.497 e. The SMILES string of the molecule is COc1ccc([C@H](C)NC[C@H](C)[S@](C)=O)c(F)c1. The van der Waals surface area contributed by atoms with E-state index >= 15 is 0 Å². The van der Waals surface area contributed by atoms with Gasteiger partial charge >= 0.3 is 0 Å². The number of nitrogens with one attached hydrogen (secondary N) is 1. The molecule has 0 aliphatic carbocycles. The van der Waals surface area contributed by atoms with E-state index in [9.17, 15) is 8.60 Å². The number of ether oxygens (including phenoxy) is 1. The highest BCUT2D eigenvalue weighted by molar-refractivity contribution is 7.84. The van der Waals surface area contributed by atoms with Crippen LogP contribution in [0.3, 0.4) is 0 Å². The van der Waals surface area contributed by atoms with Crippen LogP contribution in [0.1, 0.15) is 25.5 Å². The molecule has 0 aliphatic heterocycles. The zero-order chi connectivity index (χ0) is 13.7. The van der Waals surface area contributed by atoms with Gasteiger partial charge in [-0.15, -0.1) is 0 Å². The second kappa shape index (κ2) is 6.85. The summed E-state index contributed by atoms with van der Waals surface area (Å²) in [5, 5.41) is 3.23. The molecule has 0 fully saturated rings. The Kier molecular flexibility index (Phi) is 5.75. The summed E-state index contributed by atoms with van der Waals surface area (Å²) in [5.74, 6) is 0.214. The zero-order valence-corrected chi connectivity index (χ0v) is 12.0. The second-order valence-corrected chi connectivity index (χ2v) is 6.13. The average Bonchev–Trinajstić information content (AvgIpc) is 2.34. The van der Waals surface area contributed by atoms with Crippen LogP contribution in [0.25, 0.3) is 0 Å². The van der Waals surface area contributed by atoms with Gasteiger partial charge in [0.2, 0.25) is 0 Å². The minimum absolute atomic E-state index is 0.0498. The summed E-state index contributed by atoms with van der Waals surface area (Å²) in [5.41, 5.74) is 0.588. The molecule has 0 bridgehead atoms. The van der Waals surface area contributed by atoms with Crippen LogP contribution in [-0.4, -0.2) is 29.4 Å². The zero-order valence-electron chi connectivity index (χ0n) is 11.2. The minimum Gasteiger partial charge on any atom is -0.497 e. The molecule has 3 atom stereocenters. The second-order valence-electron chi connectivity index (χ2n) is 4.33. The maximum atomic E-state index is 13.8. The van der Waals surface area contributed by atoms with Crippen LogP contribution in [0, 0.1) is 5.82 Å². The van der Waals surface area contributed by atoms with Crippen LogP contribution in [0.4, 0.5) is 4.39 Å². The predicted octanol–water partition coefficient (Wildman–Crippen LogP) is 2.25. The number of methoxy groups -OCH3 is 1. The monoisotopic (exact) mass is 273 g/mol. The third-order valence-electron chi connectivity index (χ3n) is 2.95. The van der Waals surface area contributed by atoms with Crippen molar-refractivity contribution in [1.29, 1.82) is 0 Å². The van der Waals surface area contributed by atoms with Gasteiger partial charge < -0.3 is 10.1 Å². The van der Waals surface area contributed by atoms with Crippen molar-refractivity contribution < 1.29 is 13.3 Å². The van der Waals surface area contributed by atoms with Gasteiger partial charge in [-0.05, 0) is 19.9 Å². The Bertz CT molecular complexity index is 425. The smallest absolute Gasteiger partial charge is 0.131 e. The molecule has 0 saturated carbocycles. The third kappa shape index (κ3) is 4.07. The lowest BCUT2D eigenvalue weighted by molar-refractivity contribution is 0.409. The number of hydrogen-bond acceptors (Lipinski definition) is 3. The molecular formula is C13H20FNO2S. The lowest BCUT2D eigenvalue weighted by atomic mass is 10.1. The molecule has 18 heavy (non-hydrogen) atoms. The fraction of sp³-hybridized carbons (Fsp3) is 0.538. The summed E-state index contributed by atoms with van der Waals surface area (Å²) in [6.45, 7) is 4.38. The molecule has 0 amide bonds. The normalized spacial score (nSPS) is 16.1. The van der Waals surface area contributed by atoms with Crippen molar-refractivity contribution in [1.82, 2.24) is 5.32 Å². The van der Waals surface area contributed by atoms with E-state index in [1.165, 1.54) is 13.2 Å². The summed E-state index contributed by atoms with van der Waals surface area (Å²) in [4.78, 5) is 0. The number of rotatable bonds is 6.